The Hall–Kier alpha value is -0.570. The van der Waals surface area contributed by atoms with Crippen LogP contribution < -0.4 is 5.32 Å². The van der Waals surface area contributed by atoms with Gasteiger partial charge in [-0.3, -0.25) is 4.79 Å². The summed E-state index contributed by atoms with van der Waals surface area (Å²) < 4.78 is 0. The van der Waals surface area contributed by atoms with Crippen LogP contribution in [0.25, 0.3) is 0 Å². The topological polar surface area (TPSA) is 32.3 Å². The van der Waals surface area contributed by atoms with Crippen LogP contribution in [0.15, 0.2) is 0 Å². The minimum absolute atomic E-state index is 0.346. The van der Waals surface area contributed by atoms with Gasteiger partial charge >= 0.3 is 0 Å². The van der Waals surface area contributed by atoms with E-state index in [0.717, 1.165) is 38.8 Å². The van der Waals surface area contributed by atoms with Crippen molar-refractivity contribution < 1.29 is 4.79 Å². The molecule has 0 bridgehead atoms. The van der Waals surface area contributed by atoms with E-state index in [4.69, 9.17) is 0 Å². The normalized spacial score (nSPS) is 20.4. The van der Waals surface area contributed by atoms with E-state index in [0.29, 0.717) is 11.9 Å². The summed E-state index contributed by atoms with van der Waals surface area (Å²) in [5, 5.41) is 3.40. The number of rotatable bonds is 7. The minimum atomic E-state index is 0.346. The molecule has 0 saturated carbocycles. The lowest BCUT2D eigenvalue weighted by Crippen LogP contribution is -2.37. The standard InChI is InChI=1S/C15H30N2O/c1-3-4-5-6-7-10-15(18)17(2)14-9-8-12-16-13-11-14/h14,16H,3-13H2,1-2H3. The number of carbonyl (C=O) groups excluding carboxylic acids is 1. The van der Waals surface area contributed by atoms with Gasteiger partial charge in [0.2, 0.25) is 5.91 Å². The van der Waals surface area contributed by atoms with E-state index in [1.54, 1.807) is 0 Å². The van der Waals surface area contributed by atoms with Gasteiger partial charge in [0.25, 0.3) is 0 Å². The largest absolute Gasteiger partial charge is 0.343 e. The van der Waals surface area contributed by atoms with Crippen LogP contribution in [0.4, 0.5) is 0 Å². The number of unbranched alkanes of at least 4 members (excludes halogenated alkanes) is 4. The molecule has 0 spiro atoms. The highest BCUT2D eigenvalue weighted by Gasteiger charge is 2.20. The Kier molecular flexibility index (Phi) is 8.06. The molecule has 0 aromatic carbocycles. The average Bonchev–Trinajstić information content (AvgIpc) is 2.66. The Morgan fingerprint density at radius 1 is 1.17 bits per heavy atom. The average molecular weight is 254 g/mol. The summed E-state index contributed by atoms with van der Waals surface area (Å²) in [6.45, 7) is 4.38. The third-order valence-electron chi connectivity index (χ3n) is 3.98. The van der Waals surface area contributed by atoms with E-state index >= 15 is 0 Å². The maximum absolute atomic E-state index is 12.1. The highest BCUT2D eigenvalue weighted by molar-refractivity contribution is 5.76. The molecule has 1 amide bonds. The Bertz CT molecular complexity index is 223. The lowest BCUT2D eigenvalue weighted by Gasteiger charge is -2.27. The Morgan fingerprint density at radius 3 is 2.72 bits per heavy atom. The van der Waals surface area contributed by atoms with E-state index in [1.165, 1.54) is 32.1 Å². The van der Waals surface area contributed by atoms with E-state index in [1.807, 2.05) is 11.9 Å². The first kappa shape index (κ1) is 15.5. The molecule has 3 nitrogen and oxygen atoms in total. The Labute approximate surface area is 112 Å². The molecule has 1 aliphatic heterocycles. The minimum Gasteiger partial charge on any atom is -0.343 e. The van der Waals surface area contributed by atoms with Gasteiger partial charge in [-0.25, -0.2) is 0 Å². The number of carbonyl (C=O) groups is 1. The molecular formula is C15H30N2O. The molecule has 3 heteroatoms. The molecule has 1 unspecified atom stereocenters. The zero-order chi connectivity index (χ0) is 13.2. The molecule has 1 saturated heterocycles. The fraction of sp³-hybridized carbons (Fsp3) is 0.933. The van der Waals surface area contributed by atoms with Gasteiger partial charge < -0.3 is 10.2 Å². The van der Waals surface area contributed by atoms with Gasteiger partial charge in [0.05, 0.1) is 0 Å². The van der Waals surface area contributed by atoms with Crippen LogP contribution in [-0.4, -0.2) is 37.0 Å². The Morgan fingerprint density at radius 2 is 1.94 bits per heavy atom. The van der Waals surface area contributed by atoms with Crippen molar-refractivity contribution >= 4 is 5.91 Å². The Balaban J connectivity index is 2.18. The van der Waals surface area contributed by atoms with Crippen LogP contribution in [-0.2, 0) is 4.79 Å². The molecule has 1 aliphatic rings. The van der Waals surface area contributed by atoms with E-state index in [9.17, 15) is 4.79 Å². The van der Waals surface area contributed by atoms with E-state index in [-0.39, 0.29) is 0 Å². The number of nitrogens with zero attached hydrogens (tertiary/aromatic N) is 1. The summed E-state index contributed by atoms with van der Waals surface area (Å²) in [6, 6.07) is 0.461. The van der Waals surface area contributed by atoms with Gasteiger partial charge in [0.15, 0.2) is 0 Å². The lowest BCUT2D eigenvalue weighted by molar-refractivity contribution is -0.132. The molecular weight excluding hydrogens is 224 g/mol. The molecule has 106 valence electrons. The maximum Gasteiger partial charge on any atom is 0.222 e. The molecule has 1 N–H and O–H groups in total. The maximum atomic E-state index is 12.1. The molecule has 0 aromatic heterocycles. The van der Waals surface area contributed by atoms with Crippen molar-refractivity contribution in [2.75, 3.05) is 20.1 Å². The van der Waals surface area contributed by atoms with Crippen LogP contribution in [0.5, 0.6) is 0 Å². The zero-order valence-electron chi connectivity index (χ0n) is 12.2. The van der Waals surface area contributed by atoms with Crippen LogP contribution >= 0.6 is 0 Å². The van der Waals surface area contributed by atoms with Gasteiger partial charge in [-0.15, -0.1) is 0 Å². The van der Waals surface area contributed by atoms with Gasteiger partial charge in [-0.05, 0) is 38.8 Å². The molecule has 1 heterocycles. The van der Waals surface area contributed by atoms with Crippen molar-refractivity contribution in [2.24, 2.45) is 0 Å². The molecule has 1 rings (SSSR count). The van der Waals surface area contributed by atoms with Crippen molar-refractivity contribution in [1.82, 2.24) is 10.2 Å². The summed E-state index contributed by atoms with van der Waals surface area (Å²) in [4.78, 5) is 14.1. The second-order valence-electron chi connectivity index (χ2n) is 5.50. The van der Waals surface area contributed by atoms with Gasteiger partial charge in [0.1, 0.15) is 0 Å². The second-order valence-corrected chi connectivity index (χ2v) is 5.50. The predicted octanol–water partition coefficient (Wildman–Crippen LogP) is 2.95. The number of nitrogens with one attached hydrogen (secondary N) is 1. The molecule has 18 heavy (non-hydrogen) atoms. The number of amides is 1. The van der Waals surface area contributed by atoms with Gasteiger partial charge in [-0.2, -0.15) is 0 Å². The smallest absolute Gasteiger partial charge is 0.222 e. The highest BCUT2D eigenvalue weighted by atomic mass is 16.2. The van der Waals surface area contributed by atoms with Crippen LogP contribution in [0.3, 0.4) is 0 Å². The van der Waals surface area contributed by atoms with Gasteiger partial charge in [-0.1, -0.05) is 32.6 Å². The second kappa shape index (κ2) is 9.37. The van der Waals surface area contributed by atoms with Gasteiger partial charge in [0, 0.05) is 19.5 Å². The first-order chi connectivity index (χ1) is 8.75. The van der Waals surface area contributed by atoms with Crippen LogP contribution in [0, 0.1) is 0 Å². The number of hydrogen-bond donors (Lipinski definition) is 1. The summed E-state index contributed by atoms with van der Waals surface area (Å²) in [6.07, 6.45) is 10.3. The van der Waals surface area contributed by atoms with E-state index in [2.05, 4.69) is 12.2 Å². The molecule has 1 atom stereocenters. The zero-order valence-corrected chi connectivity index (χ0v) is 12.2. The highest BCUT2D eigenvalue weighted by Crippen LogP contribution is 2.14. The van der Waals surface area contributed by atoms with Crippen molar-refractivity contribution in [1.29, 1.82) is 0 Å². The third-order valence-corrected chi connectivity index (χ3v) is 3.98. The van der Waals surface area contributed by atoms with Crippen molar-refractivity contribution in [3.05, 3.63) is 0 Å². The SMILES string of the molecule is CCCCCCCC(=O)N(C)C1CCCNCC1. The number of hydrogen-bond acceptors (Lipinski definition) is 2. The predicted molar refractivity (Wildman–Crippen MR) is 76.7 cm³/mol. The van der Waals surface area contributed by atoms with Crippen LogP contribution in [0.2, 0.25) is 0 Å². The van der Waals surface area contributed by atoms with Crippen LogP contribution in [0.1, 0.15) is 64.7 Å². The molecule has 1 fully saturated rings. The van der Waals surface area contributed by atoms with Crippen molar-refractivity contribution in [3.8, 4) is 0 Å². The summed E-state index contributed by atoms with van der Waals surface area (Å²) in [5.74, 6) is 0.346. The van der Waals surface area contributed by atoms with Crippen molar-refractivity contribution in [3.63, 3.8) is 0 Å². The molecule has 0 aromatic rings. The lowest BCUT2D eigenvalue weighted by atomic mass is 10.1. The summed E-state index contributed by atoms with van der Waals surface area (Å²) in [5.41, 5.74) is 0. The van der Waals surface area contributed by atoms with Crippen molar-refractivity contribution in [2.45, 2.75) is 70.8 Å². The quantitative estimate of drug-likeness (QED) is 0.708. The monoisotopic (exact) mass is 254 g/mol. The fourth-order valence-corrected chi connectivity index (χ4v) is 2.65. The fourth-order valence-electron chi connectivity index (χ4n) is 2.65. The first-order valence-corrected chi connectivity index (χ1v) is 7.72. The van der Waals surface area contributed by atoms with E-state index < -0.39 is 0 Å². The first-order valence-electron chi connectivity index (χ1n) is 7.72. The summed E-state index contributed by atoms with van der Waals surface area (Å²) in [7, 11) is 1.99. The molecule has 0 radical (unpaired) electrons. The third kappa shape index (κ3) is 5.85. The summed E-state index contributed by atoms with van der Waals surface area (Å²) >= 11 is 0. The molecule has 0 aliphatic carbocycles.